The van der Waals surface area contributed by atoms with Crippen LogP contribution in [0.2, 0.25) is 0 Å². The maximum absolute atomic E-state index is 4.50. The van der Waals surface area contributed by atoms with Gasteiger partial charge in [0.15, 0.2) is 0 Å². The normalized spacial score (nSPS) is 33.3. The van der Waals surface area contributed by atoms with Crippen LogP contribution in [0.4, 0.5) is 0 Å². The van der Waals surface area contributed by atoms with Gasteiger partial charge in [0.2, 0.25) is 0 Å². The Morgan fingerprint density at radius 1 is 1.33 bits per heavy atom. The van der Waals surface area contributed by atoms with Gasteiger partial charge >= 0.3 is 0 Å². The third kappa shape index (κ3) is 2.82. The van der Waals surface area contributed by atoms with Crippen LogP contribution in [-0.2, 0) is 0 Å². The van der Waals surface area contributed by atoms with Gasteiger partial charge in [0, 0.05) is 6.04 Å². The molecular weight excluding hydrogens is 112 g/mol. The molecule has 1 aliphatic rings. The number of hydrogen-bond acceptors (Lipinski definition) is 2. The number of rotatable bonds is 0. The van der Waals surface area contributed by atoms with Crippen molar-refractivity contribution in [1.82, 2.24) is 5.32 Å². The summed E-state index contributed by atoms with van der Waals surface area (Å²) in [7, 11) is 1.50. The van der Waals surface area contributed by atoms with E-state index in [1.165, 1.54) is 20.0 Å². The van der Waals surface area contributed by atoms with Crippen molar-refractivity contribution in [2.24, 2.45) is 11.7 Å². The Morgan fingerprint density at radius 3 is 2.00 bits per heavy atom. The SMILES string of the molecule is CC1CCNC1C.CN. The molecule has 0 aromatic heterocycles. The average molecular weight is 130 g/mol. The zero-order chi connectivity index (χ0) is 7.28. The molecule has 0 bridgehead atoms. The van der Waals surface area contributed by atoms with Gasteiger partial charge in [-0.1, -0.05) is 6.92 Å². The third-order valence-corrected chi connectivity index (χ3v) is 1.92. The van der Waals surface area contributed by atoms with Gasteiger partial charge in [-0.3, -0.25) is 0 Å². The highest BCUT2D eigenvalue weighted by molar-refractivity contribution is 4.75. The first-order valence-electron chi connectivity index (χ1n) is 3.62. The van der Waals surface area contributed by atoms with E-state index in [1.807, 2.05) is 0 Å². The number of nitrogens with two attached hydrogens (primary N) is 1. The van der Waals surface area contributed by atoms with Gasteiger partial charge < -0.3 is 11.1 Å². The molecule has 1 fully saturated rings. The summed E-state index contributed by atoms with van der Waals surface area (Å²) >= 11 is 0. The van der Waals surface area contributed by atoms with E-state index < -0.39 is 0 Å². The van der Waals surface area contributed by atoms with Crippen LogP contribution in [0.15, 0.2) is 0 Å². The molecule has 1 rings (SSSR count). The molecule has 9 heavy (non-hydrogen) atoms. The zero-order valence-corrected chi connectivity index (χ0v) is 6.65. The molecule has 2 heteroatoms. The lowest BCUT2D eigenvalue weighted by Gasteiger charge is -2.05. The van der Waals surface area contributed by atoms with Crippen molar-refractivity contribution in [2.45, 2.75) is 26.3 Å². The molecule has 0 amide bonds. The lowest BCUT2D eigenvalue weighted by atomic mass is 10.1. The van der Waals surface area contributed by atoms with Crippen LogP contribution in [0.3, 0.4) is 0 Å². The molecule has 56 valence electrons. The Morgan fingerprint density at radius 2 is 1.89 bits per heavy atom. The minimum absolute atomic E-state index is 0.764. The molecule has 1 aliphatic heterocycles. The molecule has 1 saturated heterocycles. The van der Waals surface area contributed by atoms with E-state index in [1.54, 1.807) is 0 Å². The molecule has 2 nitrogen and oxygen atoms in total. The van der Waals surface area contributed by atoms with Crippen molar-refractivity contribution in [3.05, 3.63) is 0 Å². The Hall–Kier alpha value is -0.0800. The van der Waals surface area contributed by atoms with Crippen LogP contribution in [0, 0.1) is 5.92 Å². The van der Waals surface area contributed by atoms with Crippen molar-refractivity contribution in [3.63, 3.8) is 0 Å². The first kappa shape index (κ1) is 8.92. The topological polar surface area (TPSA) is 38.0 Å². The van der Waals surface area contributed by atoms with Gasteiger partial charge in [0.1, 0.15) is 0 Å². The van der Waals surface area contributed by atoms with Crippen molar-refractivity contribution in [3.8, 4) is 0 Å². The van der Waals surface area contributed by atoms with Crippen molar-refractivity contribution in [1.29, 1.82) is 0 Å². The molecule has 0 aromatic carbocycles. The van der Waals surface area contributed by atoms with E-state index in [-0.39, 0.29) is 0 Å². The quantitative estimate of drug-likeness (QED) is 0.503. The third-order valence-electron chi connectivity index (χ3n) is 1.92. The fourth-order valence-corrected chi connectivity index (χ4v) is 0.990. The van der Waals surface area contributed by atoms with Crippen LogP contribution in [0.1, 0.15) is 20.3 Å². The maximum Gasteiger partial charge on any atom is 0.00648 e. The van der Waals surface area contributed by atoms with Crippen LogP contribution in [-0.4, -0.2) is 19.6 Å². The highest BCUT2D eigenvalue weighted by Crippen LogP contribution is 2.12. The van der Waals surface area contributed by atoms with E-state index in [0.29, 0.717) is 0 Å². The van der Waals surface area contributed by atoms with Gasteiger partial charge in [-0.05, 0) is 32.9 Å². The summed E-state index contributed by atoms with van der Waals surface area (Å²) in [6, 6.07) is 0.764. The molecule has 2 atom stereocenters. The Kier molecular flexibility index (Phi) is 4.72. The zero-order valence-electron chi connectivity index (χ0n) is 6.65. The molecule has 2 unspecified atom stereocenters. The monoisotopic (exact) mass is 130 g/mol. The van der Waals surface area contributed by atoms with E-state index in [2.05, 4.69) is 24.9 Å². The maximum atomic E-state index is 4.50. The van der Waals surface area contributed by atoms with Crippen molar-refractivity contribution >= 4 is 0 Å². The predicted molar refractivity (Wildman–Crippen MR) is 41.4 cm³/mol. The lowest BCUT2D eigenvalue weighted by Crippen LogP contribution is -2.20. The lowest BCUT2D eigenvalue weighted by molar-refractivity contribution is 0.519. The molecular formula is C7H18N2. The van der Waals surface area contributed by atoms with Crippen LogP contribution >= 0.6 is 0 Å². The molecule has 0 radical (unpaired) electrons. The first-order valence-corrected chi connectivity index (χ1v) is 3.62. The summed E-state index contributed by atoms with van der Waals surface area (Å²) in [5, 5.41) is 3.37. The second-order valence-electron chi connectivity index (χ2n) is 2.51. The second-order valence-corrected chi connectivity index (χ2v) is 2.51. The van der Waals surface area contributed by atoms with Crippen LogP contribution in [0.5, 0.6) is 0 Å². The van der Waals surface area contributed by atoms with E-state index in [0.717, 1.165) is 12.0 Å². The number of hydrogen-bond donors (Lipinski definition) is 2. The van der Waals surface area contributed by atoms with E-state index in [4.69, 9.17) is 0 Å². The Balaban J connectivity index is 0.000000291. The van der Waals surface area contributed by atoms with Crippen LogP contribution in [0.25, 0.3) is 0 Å². The summed E-state index contributed by atoms with van der Waals surface area (Å²) in [6.45, 7) is 5.77. The Labute approximate surface area is 57.8 Å². The van der Waals surface area contributed by atoms with Gasteiger partial charge in [-0.2, -0.15) is 0 Å². The minimum atomic E-state index is 0.764. The summed E-state index contributed by atoms with van der Waals surface area (Å²) in [5.41, 5.74) is 4.50. The second kappa shape index (κ2) is 4.77. The summed E-state index contributed by atoms with van der Waals surface area (Å²) in [5.74, 6) is 0.903. The van der Waals surface area contributed by atoms with Gasteiger partial charge in [-0.25, -0.2) is 0 Å². The summed E-state index contributed by atoms with van der Waals surface area (Å²) in [4.78, 5) is 0. The Bertz CT molecular complexity index is 55.9. The molecule has 0 aromatic rings. The molecule has 0 spiro atoms. The summed E-state index contributed by atoms with van der Waals surface area (Å²) in [6.07, 6.45) is 1.36. The van der Waals surface area contributed by atoms with Gasteiger partial charge in [0.05, 0.1) is 0 Å². The van der Waals surface area contributed by atoms with Gasteiger partial charge in [-0.15, -0.1) is 0 Å². The average Bonchev–Trinajstić information content (AvgIpc) is 2.23. The van der Waals surface area contributed by atoms with Crippen molar-refractivity contribution < 1.29 is 0 Å². The standard InChI is InChI=1S/C6H13N.CH5N/c1-5-3-4-7-6(5)2;1-2/h5-7H,3-4H2,1-2H3;2H2,1H3. The van der Waals surface area contributed by atoms with E-state index in [9.17, 15) is 0 Å². The minimum Gasteiger partial charge on any atom is -0.333 e. The number of nitrogens with one attached hydrogen (secondary N) is 1. The van der Waals surface area contributed by atoms with Gasteiger partial charge in [0.25, 0.3) is 0 Å². The fraction of sp³-hybridized carbons (Fsp3) is 1.00. The molecule has 1 heterocycles. The fourth-order valence-electron chi connectivity index (χ4n) is 0.990. The highest BCUT2D eigenvalue weighted by Gasteiger charge is 2.16. The predicted octanol–water partition coefficient (Wildman–Crippen LogP) is 0.579. The highest BCUT2D eigenvalue weighted by atomic mass is 14.9. The van der Waals surface area contributed by atoms with E-state index >= 15 is 0 Å². The largest absolute Gasteiger partial charge is 0.333 e. The first-order chi connectivity index (χ1) is 4.30. The smallest absolute Gasteiger partial charge is 0.00648 e. The molecule has 0 saturated carbocycles. The summed E-state index contributed by atoms with van der Waals surface area (Å²) < 4.78 is 0. The van der Waals surface area contributed by atoms with Crippen molar-refractivity contribution in [2.75, 3.05) is 13.6 Å². The molecule has 3 N–H and O–H groups in total. The molecule has 0 aliphatic carbocycles. The van der Waals surface area contributed by atoms with Crippen LogP contribution < -0.4 is 11.1 Å².